The normalized spacial score (nSPS) is 11.1. The zero-order valence-corrected chi connectivity index (χ0v) is 19.3. The minimum atomic E-state index is 0.0593. The van der Waals surface area contributed by atoms with Gasteiger partial charge in [0.05, 0.1) is 5.69 Å². The van der Waals surface area contributed by atoms with Crippen molar-refractivity contribution in [2.45, 2.75) is 19.9 Å². The molecular formula is C28H25N3OS. The number of carbonyl (C=O) groups excluding carboxylic acids is 1. The second-order valence-electron chi connectivity index (χ2n) is 8.11. The van der Waals surface area contributed by atoms with Crippen molar-refractivity contribution >= 4 is 22.2 Å². The predicted molar refractivity (Wildman–Crippen MR) is 135 cm³/mol. The lowest BCUT2D eigenvalue weighted by atomic mass is 10.1. The van der Waals surface area contributed by atoms with E-state index in [2.05, 4.69) is 36.4 Å². The highest BCUT2D eigenvalue weighted by atomic mass is 32.1. The number of carbonyl (C=O) groups is 1. The molecule has 0 atom stereocenters. The van der Waals surface area contributed by atoms with Crippen LogP contribution in [0, 0.1) is 6.92 Å². The molecule has 5 heteroatoms. The van der Waals surface area contributed by atoms with E-state index in [1.165, 1.54) is 16.9 Å². The second-order valence-corrected chi connectivity index (χ2v) is 9.09. The highest BCUT2D eigenvalue weighted by molar-refractivity contribution is 7.19. The number of fused-ring (bicyclic) bond motifs is 1. The van der Waals surface area contributed by atoms with Gasteiger partial charge in [-0.1, -0.05) is 102 Å². The summed E-state index contributed by atoms with van der Waals surface area (Å²) in [5, 5.41) is 0. The van der Waals surface area contributed by atoms with Gasteiger partial charge in [0.2, 0.25) is 0 Å². The molecule has 4 nitrogen and oxygen atoms in total. The number of nitrogens with zero attached hydrogens (tertiary/aromatic N) is 3. The van der Waals surface area contributed by atoms with Gasteiger partial charge in [0, 0.05) is 30.5 Å². The number of aromatic nitrogens is 2. The van der Waals surface area contributed by atoms with E-state index in [1.807, 2.05) is 77.0 Å². The third-order valence-electron chi connectivity index (χ3n) is 5.84. The molecular weight excluding hydrogens is 426 g/mol. The van der Waals surface area contributed by atoms with E-state index in [-0.39, 0.29) is 5.91 Å². The van der Waals surface area contributed by atoms with Crippen LogP contribution in [-0.2, 0) is 13.0 Å². The van der Waals surface area contributed by atoms with Crippen molar-refractivity contribution in [2.75, 3.05) is 6.54 Å². The summed E-state index contributed by atoms with van der Waals surface area (Å²) in [6.45, 7) is 3.25. The van der Waals surface area contributed by atoms with Crippen LogP contribution in [0.3, 0.4) is 0 Å². The van der Waals surface area contributed by atoms with Crippen LogP contribution in [-0.4, -0.2) is 26.7 Å². The molecule has 0 radical (unpaired) electrons. The van der Waals surface area contributed by atoms with E-state index in [0.717, 1.165) is 38.8 Å². The number of aryl methyl sites for hydroxylation is 1. The van der Waals surface area contributed by atoms with Crippen LogP contribution in [0.2, 0.25) is 0 Å². The number of benzene rings is 3. The van der Waals surface area contributed by atoms with Gasteiger partial charge in [0.1, 0.15) is 4.88 Å². The summed E-state index contributed by atoms with van der Waals surface area (Å²) in [4.78, 5) is 22.1. The minimum Gasteiger partial charge on any atom is -0.333 e. The van der Waals surface area contributed by atoms with Gasteiger partial charge in [0.15, 0.2) is 4.96 Å². The average Bonchev–Trinajstić information content (AvgIpc) is 3.42. The van der Waals surface area contributed by atoms with Gasteiger partial charge in [-0.05, 0) is 24.5 Å². The Kier molecular flexibility index (Phi) is 6.05. The predicted octanol–water partition coefficient (Wildman–Crippen LogP) is 6.26. The van der Waals surface area contributed by atoms with Crippen molar-refractivity contribution in [3.05, 3.63) is 119 Å². The molecule has 0 fully saturated rings. The Bertz CT molecular complexity index is 1360. The Balaban J connectivity index is 1.43. The second kappa shape index (κ2) is 9.43. The molecule has 1 amide bonds. The monoisotopic (exact) mass is 451 g/mol. The molecule has 0 aliphatic heterocycles. The van der Waals surface area contributed by atoms with Crippen LogP contribution in [0.1, 0.15) is 26.5 Å². The van der Waals surface area contributed by atoms with Crippen molar-refractivity contribution in [3.63, 3.8) is 0 Å². The van der Waals surface area contributed by atoms with E-state index >= 15 is 0 Å². The van der Waals surface area contributed by atoms with E-state index in [4.69, 9.17) is 4.98 Å². The summed E-state index contributed by atoms with van der Waals surface area (Å²) in [5.41, 5.74) is 5.30. The standard InChI is InChI=1S/C28H25N3OS/c1-21-26(33-28-29-25(20-31(21)28)24-15-9-4-10-16-24)27(32)30(19-23-13-7-3-8-14-23)18-17-22-11-5-2-6-12-22/h2-16,20H,17-19H2,1H3. The first kappa shape index (κ1) is 21.2. The lowest BCUT2D eigenvalue weighted by molar-refractivity contribution is 0.0749. The number of amides is 1. The smallest absolute Gasteiger partial charge is 0.266 e. The van der Waals surface area contributed by atoms with Crippen molar-refractivity contribution in [2.24, 2.45) is 0 Å². The molecule has 0 aliphatic carbocycles. The molecule has 0 saturated carbocycles. The summed E-state index contributed by atoms with van der Waals surface area (Å²) < 4.78 is 2.04. The number of thiazole rings is 1. The highest BCUT2D eigenvalue weighted by Crippen LogP contribution is 2.28. The first-order valence-corrected chi connectivity index (χ1v) is 11.9. The van der Waals surface area contributed by atoms with Crippen LogP contribution in [0.5, 0.6) is 0 Å². The van der Waals surface area contributed by atoms with Crippen LogP contribution >= 0.6 is 11.3 Å². The average molecular weight is 452 g/mol. The molecule has 0 aliphatic rings. The zero-order chi connectivity index (χ0) is 22.6. The fraction of sp³-hybridized carbons (Fsp3) is 0.143. The summed E-state index contributed by atoms with van der Waals surface area (Å²) in [5.74, 6) is 0.0593. The van der Waals surface area contributed by atoms with Gasteiger partial charge in [0.25, 0.3) is 5.91 Å². The zero-order valence-electron chi connectivity index (χ0n) is 18.5. The van der Waals surface area contributed by atoms with Gasteiger partial charge >= 0.3 is 0 Å². The van der Waals surface area contributed by atoms with Crippen molar-refractivity contribution in [3.8, 4) is 11.3 Å². The quantitative estimate of drug-likeness (QED) is 0.293. The summed E-state index contributed by atoms with van der Waals surface area (Å²) in [6.07, 6.45) is 2.85. The molecule has 2 aromatic heterocycles. The van der Waals surface area contributed by atoms with Crippen LogP contribution in [0.15, 0.2) is 97.2 Å². The maximum absolute atomic E-state index is 13.7. The Morgan fingerprint density at radius 3 is 2.12 bits per heavy atom. The van der Waals surface area contributed by atoms with Gasteiger partial charge in [-0.3, -0.25) is 9.20 Å². The SMILES string of the molecule is Cc1c(C(=O)N(CCc2ccccc2)Cc2ccccc2)sc2nc(-c3ccccc3)cn12. The molecule has 2 heterocycles. The lowest BCUT2D eigenvalue weighted by Gasteiger charge is -2.23. The molecule has 5 rings (SSSR count). The molecule has 33 heavy (non-hydrogen) atoms. The van der Waals surface area contributed by atoms with Gasteiger partial charge in [-0.15, -0.1) is 0 Å². The Morgan fingerprint density at radius 1 is 0.879 bits per heavy atom. The van der Waals surface area contributed by atoms with Crippen molar-refractivity contribution in [1.29, 1.82) is 0 Å². The third kappa shape index (κ3) is 4.59. The summed E-state index contributed by atoms with van der Waals surface area (Å²) >= 11 is 1.47. The Morgan fingerprint density at radius 2 is 1.48 bits per heavy atom. The van der Waals surface area contributed by atoms with E-state index < -0.39 is 0 Å². The molecule has 5 aromatic rings. The first-order valence-electron chi connectivity index (χ1n) is 11.1. The van der Waals surface area contributed by atoms with E-state index in [9.17, 15) is 4.79 Å². The topological polar surface area (TPSA) is 37.6 Å². The molecule has 164 valence electrons. The maximum Gasteiger partial charge on any atom is 0.266 e. The number of imidazole rings is 1. The minimum absolute atomic E-state index is 0.0593. The molecule has 0 saturated heterocycles. The largest absolute Gasteiger partial charge is 0.333 e. The fourth-order valence-electron chi connectivity index (χ4n) is 4.01. The maximum atomic E-state index is 13.7. The number of hydrogen-bond donors (Lipinski definition) is 0. The molecule has 0 unspecified atom stereocenters. The van der Waals surface area contributed by atoms with Gasteiger partial charge in [-0.25, -0.2) is 4.98 Å². The molecule has 0 spiro atoms. The molecule has 0 N–H and O–H groups in total. The van der Waals surface area contributed by atoms with Crippen LogP contribution in [0.4, 0.5) is 0 Å². The van der Waals surface area contributed by atoms with Crippen LogP contribution < -0.4 is 0 Å². The molecule has 0 bridgehead atoms. The van der Waals surface area contributed by atoms with E-state index in [1.54, 1.807) is 0 Å². The summed E-state index contributed by atoms with van der Waals surface area (Å²) in [7, 11) is 0. The Labute approximate surface area is 197 Å². The lowest BCUT2D eigenvalue weighted by Crippen LogP contribution is -2.32. The van der Waals surface area contributed by atoms with Crippen LogP contribution in [0.25, 0.3) is 16.2 Å². The number of hydrogen-bond acceptors (Lipinski definition) is 3. The fourth-order valence-corrected chi connectivity index (χ4v) is 5.08. The van der Waals surface area contributed by atoms with E-state index in [0.29, 0.717) is 13.1 Å². The van der Waals surface area contributed by atoms with Crippen molar-refractivity contribution < 1.29 is 4.79 Å². The number of rotatable bonds is 7. The first-order chi connectivity index (χ1) is 16.2. The van der Waals surface area contributed by atoms with Gasteiger partial charge < -0.3 is 4.90 Å². The Hall–Kier alpha value is -3.70. The third-order valence-corrected chi connectivity index (χ3v) is 6.98. The highest BCUT2D eigenvalue weighted by Gasteiger charge is 2.23. The van der Waals surface area contributed by atoms with Gasteiger partial charge in [-0.2, -0.15) is 0 Å². The van der Waals surface area contributed by atoms with Crippen molar-refractivity contribution in [1.82, 2.24) is 14.3 Å². The molecule has 3 aromatic carbocycles. The summed E-state index contributed by atoms with van der Waals surface area (Å²) in [6, 6.07) is 30.6.